The first-order chi connectivity index (χ1) is 7.60. The van der Waals surface area contributed by atoms with Crippen LogP contribution in [-0.2, 0) is 4.43 Å². The van der Waals surface area contributed by atoms with E-state index < -0.39 is 8.32 Å². The molecule has 0 aromatic heterocycles. The Morgan fingerprint density at radius 1 is 1.24 bits per heavy atom. The Labute approximate surface area is 110 Å². The lowest BCUT2D eigenvalue weighted by atomic mass is 10.1. The molecule has 0 aliphatic heterocycles. The molecule has 0 saturated carbocycles. The van der Waals surface area contributed by atoms with Crippen molar-refractivity contribution in [3.8, 4) is 0 Å². The van der Waals surface area contributed by atoms with E-state index in [0.717, 1.165) is 19.3 Å². The van der Waals surface area contributed by atoms with Crippen LogP contribution < -0.4 is 0 Å². The number of rotatable bonds is 6. The average molecular weight is 257 g/mol. The van der Waals surface area contributed by atoms with Gasteiger partial charge in [-0.3, -0.25) is 0 Å². The van der Waals surface area contributed by atoms with Gasteiger partial charge in [0.1, 0.15) is 0 Å². The molecule has 0 amide bonds. The lowest BCUT2D eigenvalue weighted by molar-refractivity contribution is 0.168. The second-order valence-electron chi connectivity index (χ2n) is 6.77. The Hall–Kier alpha value is -0.0831. The second kappa shape index (κ2) is 6.74. The minimum Gasteiger partial charge on any atom is -0.414 e. The predicted octanol–water partition coefficient (Wildman–Crippen LogP) is 5.53. The zero-order valence-electron chi connectivity index (χ0n) is 13.2. The largest absolute Gasteiger partial charge is 0.414 e. The van der Waals surface area contributed by atoms with Gasteiger partial charge in [-0.1, -0.05) is 39.3 Å². The Balaban J connectivity index is 4.36. The van der Waals surface area contributed by atoms with Crippen LogP contribution in [0.15, 0.2) is 11.6 Å². The van der Waals surface area contributed by atoms with Gasteiger partial charge in [0.2, 0.25) is 0 Å². The van der Waals surface area contributed by atoms with Crippen molar-refractivity contribution in [3.05, 3.63) is 11.6 Å². The van der Waals surface area contributed by atoms with Crippen molar-refractivity contribution < 1.29 is 4.43 Å². The van der Waals surface area contributed by atoms with Crippen LogP contribution >= 0.6 is 0 Å². The van der Waals surface area contributed by atoms with Gasteiger partial charge in [0, 0.05) is 6.10 Å². The summed E-state index contributed by atoms with van der Waals surface area (Å²) < 4.78 is 6.44. The van der Waals surface area contributed by atoms with Crippen LogP contribution in [0.3, 0.4) is 0 Å². The highest BCUT2D eigenvalue weighted by molar-refractivity contribution is 6.74. The fraction of sp³-hybridized carbons (Fsp3) is 0.867. The molecule has 1 unspecified atom stereocenters. The van der Waals surface area contributed by atoms with E-state index in [0.29, 0.717) is 11.1 Å². The molecule has 0 fully saturated rings. The van der Waals surface area contributed by atoms with Gasteiger partial charge in [-0.25, -0.2) is 0 Å². The van der Waals surface area contributed by atoms with Crippen LogP contribution in [0, 0.1) is 0 Å². The Bertz CT molecular complexity index is 244. The van der Waals surface area contributed by atoms with E-state index in [1.165, 1.54) is 5.57 Å². The van der Waals surface area contributed by atoms with Crippen molar-refractivity contribution in [3.63, 3.8) is 0 Å². The summed E-state index contributed by atoms with van der Waals surface area (Å²) in [7, 11) is -1.59. The van der Waals surface area contributed by atoms with Crippen LogP contribution in [0.25, 0.3) is 0 Å². The van der Waals surface area contributed by atoms with Crippen molar-refractivity contribution in [1.82, 2.24) is 0 Å². The molecule has 2 heteroatoms. The molecule has 0 aromatic carbocycles. The van der Waals surface area contributed by atoms with Crippen LogP contribution in [-0.4, -0.2) is 14.4 Å². The zero-order valence-corrected chi connectivity index (χ0v) is 14.2. The fourth-order valence-electron chi connectivity index (χ4n) is 1.50. The summed E-state index contributed by atoms with van der Waals surface area (Å²) in [6.07, 6.45) is 6.19. The SMILES string of the molecule is CCC(CCC=C(C)C)O[Si](C)(C)C(C)(C)C. The van der Waals surface area contributed by atoms with E-state index in [1.54, 1.807) is 0 Å². The van der Waals surface area contributed by atoms with E-state index >= 15 is 0 Å². The molecule has 0 rings (SSSR count). The van der Waals surface area contributed by atoms with E-state index in [9.17, 15) is 0 Å². The summed E-state index contributed by atoms with van der Waals surface area (Å²) in [4.78, 5) is 0. The van der Waals surface area contributed by atoms with Crippen molar-refractivity contribution in [1.29, 1.82) is 0 Å². The third kappa shape index (κ3) is 6.42. The minimum absolute atomic E-state index is 0.316. The Morgan fingerprint density at radius 3 is 2.12 bits per heavy atom. The molecule has 0 aliphatic rings. The van der Waals surface area contributed by atoms with Gasteiger partial charge >= 0.3 is 0 Å². The zero-order chi connectivity index (χ0) is 13.7. The van der Waals surface area contributed by atoms with Crippen molar-refractivity contribution in [2.75, 3.05) is 0 Å². The first-order valence-electron chi connectivity index (χ1n) is 6.91. The number of hydrogen-bond donors (Lipinski definition) is 0. The summed E-state index contributed by atoms with van der Waals surface area (Å²) in [6, 6.07) is 0. The third-order valence-electron chi connectivity index (χ3n) is 3.76. The van der Waals surface area contributed by atoms with E-state index in [2.05, 4.69) is 60.7 Å². The first-order valence-corrected chi connectivity index (χ1v) is 9.82. The summed E-state index contributed by atoms with van der Waals surface area (Å²) in [5, 5.41) is 0.316. The molecule has 0 N–H and O–H groups in total. The molecule has 102 valence electrons. The summed E-state index contributed by atoms with van der Waals surface area (Å²) in [5.74, 6) is 0. The van der Waals surface area contributed by atoms with Crippen LogP contribution in [0.5, 0.6) is 0 Å². The highest BCUT2D eigenvalue weighted by Crippen LogP contribution is 2.38. The van der Waals surface area contributed by atoms with Crippen LogP contribution in [0.4, 0.5) is 0 Å². The molecule has 0 aromatic rings. The minimum atomic E-state index is -1.59. The fourth-order valence-corrected chi connectivity index (χ4v) is 2.97. The van der Waals surface area contributed by atoms with Gasteiger partial charge in [0.05, 0.1) is 0 Å². The molecule has 1 nitrogen and oxygen atoms in total. The molecule has 0 heterocycles. The second-order valence-corrected chi connectivity index (χ2v) is 11.5. The van der Waals surface area contributed by atoms with Gasteiger partial charge in [0.25, 0.3) is 0 Å². The molecule has 17 heavy (non-hydrogen) atoms. The number of hydrogen-bond acceptors (Lipinski definition) is 1. The molecule has 1 atom stereocenters. The monoisotopic (exact) mass is 256 g/mol. The Morgan fingerprint density at radius 2 is 1.76 bits per heavy atom. The van der Waals surface area contributed by atoms with Crippen LogP contribution in [0.1, 0.15) is 60.8 Å². The van der Waals surface area contributed by atoms with Crippen molar-refractivity contribution >= 4 is 8.32 Å². The molecule has 0 radical (unpaired) electrons. The van der Waals surface area contributed by atoms with Crippen LogP contribution in [0.2, 0.25) is 18.1 Å². The van der Waals surface area contributed by atoms with E-state index in [1.807, 2.05) is 0 Å². The molecule has 0 bridgehead atoms. The quantitative estimate of drug-likeness (QED) is 0.448. The summed E-state index contributed by atoms with van der Waals surface area (Å²) >= 11 is 0. The average Bonchev–Trinajstić information content (AvgIpc) is 2.13. The van der Waals surface area contributed by atoms with Gasteiger partial charge in [-0.2, -0.15) is 0 Å². The molecule has 0 saturated heterocycles. The lowest BCUT2D eigenvalue weighted by Gasteiger charge is -2.39. The lowest BCUT2D eigenvalue weighted by Crippen LogP contribution is -2.43. The normalized spacial score (nSPS) is 14.6. The predicted molar refractivity (Wildman–Crippen MR) is 81.0 cm³/mol. The van der Waals surface area contributed by atoms with Gasteiger partial charge in [-0.15, -0.1) is 0 Å². The topological polar surface area (TPSA) is 9.23 Å². The standard InChI is InChI=1S/C15H32OSi/c1-9-14(12-10-11-13(2)3)16-17(7,8)15(4,5)6/h11,14H,9-10,12H2,1-8H3. The molecule has 0 spiro atoms. The Kier molecular flexibility index (Phi) is 6.71. The maximum atomic E-state index is 6.44. The van der Waals surface area contributed by atoms with Gasteiger partial charge in [-0.05, 0) is 51.2 Å². The highest BCUT2D eigenvalue weighted by atomic mass is 28.4. The molecular weight excluding hydrogens is 224 g/mol. The highest BCUT2D eigenvalue weighted by Gasteiger charge is 2.38. The van der Waals surface area contributed by atoms with Crippen molar-refractivity contribution in [2.45, 2.75) is 85.0 Å². The summed E-state index contributed by atoms with van der Waals surface area (Å²) in [5.41, 5.74) is 1.41. The van der Waals surface area contributed by atoms with E-state index in [4.69, 9.17) is 4.43 Å². The van der Waals surface area contributed by atoms with Gasteiger partial charge in [0.15, 0.2) is 8.32 Å². The third-order valence-corrected chi connectivity index (χ3v) is 8.30. The smallest absolute Gasteiger partial charge is 0.192 e. The first kappa shape index (κ1) is 16.9. The van der Waals surface area contributed by atoms with Gasteiger partial charge < -0.3 is 4.43 Å². The number of allylic oxidation sites excluding steroid dienone is 2. The molecular formula is C15H32OSi. The molecule has 0 aliphatic carbocycles. The van der Waals surface area contributed by atoms with Crippen molar-refractivity contribution in [2.24, 2.45) is 0 Å². The van der Waals surface area contributed by atoms with E-state index in [-0.39, 0.29) is 0 Å². The maximum absolute atomic E-state index is 6.44. The maximum Gasteiger partial charge on any atom is 0.192 e. The summed E-state index contributed by atoms with van der Waals surface area (Å²) in [6.45, 7) is 18.2.